The molecule has 156 valence electrons. The van der Waals surface area contributed by atoms with Crippen LogP contribution in [0.2, 0.25) is 5.02 Å². The minimum Gasteiger partial charge on any atom is -0.493 e. The van der Waals surface area contributed by atoms with Crippen molar-refractivity contribution in [2.45, 2.75) is 13.0 Å². The number of ether oxygens (including phenoxy) is 2. The molecular weight excluding hydrogens is 405 g/mol. The first-order valence-electron chi connectivity index (χ1n) is 9.50. The fourth-order valence-corrected chi connectivity index (χ4v) is 3.26. The van der Waals surface area contributed by atoms with Crippen LogP contribution in [-0.2, 0) is 13.0 Å². The summed E-state index contributed by atoms with van der Waals surface area (Å²) in [6.45, 7) is 0.898. The molecule has 0 unspecified atom stereocenters. The van der Waals surface area contributed by atoms with Gasteiger partial charge in [-0.3, -0.25) is 4.79 Å². The molecule has 4 nitrogen and oxygen atoms in total. The summed E-state index contributed by atoms with van der Waals surface area (Å²) in [4.78, 5) is 14.8. The van der Waals surface area contributed by atoms with Crippen LogP contribution in [0, 0.1) is 5.82 Å². The predicted molar refractivity (Wildman–Crippen MR) is 116 cm³/mol. The molecule has 0 saturated carbocycles. The zero-order valence-corrected chi connectivity index (χ0v) is 17.7. The van der Waals surface area contributed by atoms with E-state index in [9.17, 15) is 9.18 Å². The molecule has 0 N–H and O–H groups in total. The Labute approximate surface area is 180 Å². The van der Waals surface area contributed by atoms with E-state index in [4.69, 9.17) is 21.1 Å². The number of carbonyl (C=O) groups excluding carboxylic acids is 1. The smallest absolute Gasteiger partial charge is 0.254 e. The number of methoxy groups -OCH3 is 2. The van der Waals surface area contributed by atoms with Crippen LogP contribution in [0.25, 0.3) is 0 Å². The van der Waals surface area contributed by atoms with Gasteiger partial charge in [-0.2, -0.15) is 0 Å². The van der Waals surface area contributed by atoms with Gasteiger partial charge in [-0.15, -0.1) is 0 Å². The van der Waals surface area contributed by atoms with Crippen molar-refractivity contribution in [3.8, 4) is 11.5 Å². The molecule has 0 saturated heterocycles. The van der Waals surface area contributed by atoms with E-state index in [1.807, 2.05) is 30.3 Å². The van der Waals surface area contributed by atoms with E-state index < -0.39 is 0 Å². The van der Waals surface area contributed by atoms with Crippen molar-refractivity contribution in [1.29, 1.82) is 0 Å². The van der Waals surface area contributed by atoms with E-state index >= 15 is 0 Å². The average Bonchev–Trinajstić information content (AvgIpc) is 2.77. The highest BCUT2D eigenvalue weighted by Gasteiger charge is 2.17. The van der Waals surface area contributed by atoms with Crippen molar-refractivity contribution in [2.75, 3.05) is 20.8 Å². The van der Waals surface area contributed by atoms with Crippen LogP contribution < -0.4 is 9.47 Å². The van der Waals surface area contributed by atoms with Gasteiger partial charge in [0.15, 0.2) is 11.5 Å². The number of carbonyl (C=O) groups is 1. The summed E-state index contributed by atoms with van der Waals surface area (Å²) in [7, 11) is 3.18. The lowest BCUT2D eigenvalue weighted by atomic mass is 10.1. The molecule has 6 heteroatoms. The standard InChI is InChI=1S/C24H23ClFNO3/c1-29-22-12-5-17(15-23(22)30-2)13-14-27(16-18-3-8-20(25)9-4-18)24(28)19-6-10-21(26)11-7-19/h3-12,15H,13-14,16H2,1-2H3. The Kier molecular flexibility index (Phi) is 7.31. The number of hydrogen-bond donors (Lipinski definition) is 0. The Balaban J connectivity index is 1.80. The van der Waals surface area contributed by atoms with Crippen LogP contribution in [0.5, 0.6) is 11.5 Å². The van der Waals surface area contributed by atoms with Gasteiger partial charge in [-0.1, -0.05) is 29.8 Å². The maximum absolute atomic E-state index is 13.3. The second kappa shape index (κ2) is 10.1. The molecule has 0 aliphatic rings. The van der Waals surface area contributed by atoms with Gasteiger partial charge in [-0.05, 0) is 66.1 Å². The van der Waals surface area contributed by atoms with Gasteiger partial charge in [0.2, 0.25) is 0 Å². The van der Waals surface area contributed by atoms with Gasteiger partial charge < -0.3 is 14.4 Å². The predicted octanol–water partition coefficient (Wildman–Crippen LogP) is 5.38. The highest BCUT2D eigenvalue weighted by atomic mass is 35.5. The molecule has 3 rings (SSSR count). The summed E-state index contributed by atoms with van der Waals surface area (Å²) in [6.07, 6.45) is 0.626. The van der Waals surface area contributed by atoms with Crippen LogP contribution in [-0.4, -0.2) is 31.6 Å². The number of nitrogens with zero attached hydrogens (tertiary/aromatic N) is 1. The minimum atomic E-state index is -0.374. The van der Waals surface area contributed by atoms with Crippen LogP contribution in [0.1, 0.15) is 21.5 Å². The van der Waals surface area contributed by atoms with E-state index in [-0.39, 0.29) is 11.7 Å². The average molecular weight is 428 g/mol. The molecule has 0 aliphatic carbocycles. The van der Waals surface area contributed by atoms with E-state index in [0.717, 1.165) is 11.1 Å². The van der Waals surface area contributed by atoms with Gasteiger partial charge in [0.1, 0.15) is 5.82 Å². The van der Waals surface area contributed by atoms with Crippen LogP contribution in [0.3, 0.4) is 0 Å². The molecular formula is C24H23ClFNO3. The Morgan fingerprint density at radius 2 is 1.53 bits per heavy atom. The highest BCUT2D eigenvalue weighted by Crippen LogP contribution is 2.28. The van der Waals surface area contributed by atoms with Crippen molar-refractivity contribution in [3.05, 3.63) is 94.3 Å². The highest BCUT2D eigenvalue weighted by molar-refractivity contribution is 6.30. The van der Waals surface area contributed by atoms with E-state index in [2.05, 4.69) is 0 Å². The van der Waals surface area contributed by atoms with Gasteiger partial charge in [0.25, 0.3) is 5.91 Å². The molecule has 0 radical (unpaired) electrons. The van der Waals surface area contributed by atoms with Crippen molar-refractivity contribution >= 4 is 17.5 Å². The number of halogens is 2. The normalized spacial score (nSPS) is 10.5. The lowest BCUT2D eigenvalue weighted by Gasteiger charge is -2.23. The van der Waals surface area contributed by atoms with Crippen LogP contribution >= 0.6 is 11.6 Å². The summed E-state index contributed by atoms with van der Waals surface area (Å²) in [5.41, 5.74) is 2.42. The van der Waals surface area contributed by atoms with E-state index in [1.165, 1.54) is 24.3 Å². The second-order valence-corrected chi connectivity index (χ2v) is 7.24. The molecule has 0 heterocycles. The molecule has 0 fully saturated rings. The molecule has 0 aromatic heterocycles. The fourth-order valence-electron chi connectivity index (χ4n) is 3.14. The number of rotatable bonds is 8. The largest absolute Gasteiger partial charge is 0.493 e. The van der Waals surface area contributed by atoms with Crippen molar-refractivity contribution in [3.63, 3.8) is 0 Å². The second-order valence-electron chi connectivity index (χ2n) is 6.80. The summed E-state index contributed by atoms with van der Waals surface area (Å²) < 4.78 is 23.9. The summed E-state index contributed by atoms with van der Waals surface area (Å²) >= 11 is 5.98. The van der Waals surface area contributed by atoms with Crippen molar-refractivity contribution in [1.82, 2.24) is 4.90 Å². The van der Waals surface area contributed by atoms with Crippen LogP contribution in [0.4, 0.5) is 4.39 Å². The Morgan fingerprint density at radius 3 is 2.17 bits per heavy atom. The van der Waals surface area contributed by atoms with E-state index in [0.29, 0.717) is 41.6 Å². The van der Waals surface area contributed by atoms with Crippen LogP contribution in [0.15, 0.2) is 66.7 Å². The van der Waals surface area contributed by atoms with Crippen molar-refractivity contribution < 1.29 is 18.7 Å². The fraction of sp³-hybridized carbons (Fsp3) is 0.208. The molecule has 0 aliphatic heterocycles. The summed E-state index contributed by atoms with van der Waals surface area (Å²) in [5, 5.41) is 0.639. The zero-order valence-electron chi connectivity index (χ0n) is 16.9. The molecule has 3 aromatic carbocycles. The molecule has 30 heavy (non-hydrogen) atoms. The Morgan fingerprint density at radius 1 is 0.900 bits per heavy atom. The third-order valence-corrected chi connectivity index (χ3v) is 5.04. The first-order chi connectivity index (χ1) is 14.5. The summed E-state index contributed by atoms with van der Waals surface area (Å²) in [6, 6.07) is 18.7. The quantitative estimate of drug-likeness (QED) is 0.484. The number of amides is 1. The maximum Gasteiger partial charge on any atom is 0.254 e. The molecule has 0 atom stereocenters. The summed E-state index contributed by atoms with van der Waals surface area (Å²) in [5.74, 6) is 0.761. The van der Waals surface area contributed by atoms with Crippen molar-refractivity contribution in [2.24, 2.45) is 0 Å². The molecule has 0 bridgehead atoms. The first kappa shape index (κ1) is 21.7. The number of benzene rings is 3. The monoisotopic (exact) mass is 427 g/mol. The number of hydrogen-bond acceptors (Lipinski definition) is 3. The minimum absolute atomic E-state index is 0.162. The third-order valence-electron chi connectivity index (χ3n) is 4.78. The van der Waals surface area contributed by atoms with Gasteiger partial charge in [-0.25, -0.2) is 4.39 Å². The lowest BCUT2D eigenvalue weighted by molar-refractivity contribution is 0.0745. The zero-order chi connectivity index (χ0) is 21.5. The topological polar surface area (TPSA) is 38.8 Å². The lowest BCUT2D eigenvalue weighted by Crippen LogP contribution is -2.32. The Bertz CT molecular complexity index is 990. The van der Waals surface area contributed by atoms with Gasteiger partial charge in [0.05, 0.1) is 14.2 Å². The molecule has 1 amide bonds. The van der Waals surface area contributed by atoms with Gasteiger partial charge >= 0.3 is 0 Å². The molecule has 0 spiro atoms. The first-order valence-corrected chi connectivity index (χ1v) is 9.88. The third kappa shape index (κ3) is 5.51. The SMILES string of the molecule is COc1ccc(CCN(Cc2ccc(Cl)cc2)C(=O)c2ccc(F)cc2)cc1OC. The molecule has 3 aromatic rings. The van der Waals surface area contributed by atoms with E-state index in [1.54, 1.807) is 31.3 Å². The Hall–Kier alpha value is -3.05. The van der Waals surface area contributed by atoms with Gasteiger partial charge in [0, 0.05) is 23.7 Å². The maximum atomic E-state index is 13.3.